The Balaban J connectivity index is 1.23. The molecule has 0 saturated heterocycles. The van der Waals surface area contributed by atoms with Crippen LogP contribution in [0.4, 0.5) is 8.78 Å². The van der Waals surface area contributed by atoms with Crippen LogP contribution in [-0.4, -0.2) is 73.1 Å². The standard InChI is InChI=1S/C26H29F2N3O4/c1-30(13-15-35-26(27)28)12-10-18-17-29-23-9-8-19(16-22(18)23)34-14-5-4-11-31-24(32)20-6-2-3-7-21(20)25(31)33/h2-3,6-9,16-17,26,29H,4-5,10-15H2,1H3. The zero-order valence-corrected chi connectivity index (χ0v) is 19.6. The van der Waals surface area contributed by atoms with Crippen molar-refractivity contribution in [3.63, 3.8) is 0 Å². The second-order valence-electron chi connectivity index (χ2n) is 8.57. The van der Waals surface area contributed by atoms with Crippen molar-refractivity contribution in [2.75, 3.05) is 39.9 Å². The van der Waals surface area contributed by atoms with Crippen LogP contribution in [0.2, 0.25) is 0 Å². The van der Waals surface area contributed by atoms with E-state index in [0.717, 1.165) is 28.6 Å². The molecule has 0 fully saturated rings. The van der Waals surface area contributed by atoms with E-state index in [0.29, 0.717) is 50.2 Å². The summed E-state index contributed by atoms with van der Waals surface area (Å²) in [7, 11) is 1.88. The molecule has 2 aromatic carbocycles. The average molecular weight is 486 g/mol. The number of alkyl halides is 2. The molecular weight excluding hydrogens is 456 g/mol. The summed E-state index contributed by atoms with van der Waals surface area (Å²) in [6, 6.07) is 12.8. The third kappa shape index (κ3) is 6.04. The number of halogens is 2. The van der Waals surface area contributed by atoms with E-state index in [1.165, 1.54) is 4.90 Å². The molecule has 0 saturated carbocycles. The SMILES string of the molecule is CN(CCOC(F)F)CCc1c[nH]c2ccc(OCCCCN3C(=O)c4ccccc4C3=O)cc12. The molecule has 1 aliphatic heterocycles. The molecule has 186 valence electrons. The lowest BCUT2D eigenvalue weighted by atomic mass is 10.1. The Labute approximate surface area is 202 Å². The summed E-state index contributed by atoms with van der Waals surface area (Å²) in [5.74, 6) is 0.283. The minimum Gasteiger partial charge on any atom is -0.494 e. The number of hydrogen-bond donors (Lipinski definition) is 1. The molecule has 7 nitrogen and oxygen atoms in total. The number of aromatic nitrogens is 1. The molecule has 0 radical (unpaired) electrons. The number of ether oxygens (including phenoxy) is 2. The number of amides is 2. The van der Waals surface area contributed by atoms with Crippen LogP contribution in [0.15, 0.2) is 48.7 Å². The molecular formula is C26H29F2N3O4. The average Bonchev–Trinajstić information content (AvgIpc) is 3.36. The van der Waals surface area contributed by atoms with Crippen molar-refractivity contribution in [2.45, 2.75) is 25.9 Å². The number of nitrogens with one attached hydrogen (secondary N) is 1. The van der Waals surface area contributed by atoms with Crippen molar-refractivity contribution in [3.05, 3.63) is 65.4 Å². The molecule has 1 aliphatic rings. The fourth-order valence-electron chi connectivity index (χ4n) is 4.18. The number of fused-ring (bicyclic) bond motifs is 2. The van der Waals surface area contributed by atoms with E-state index in [1.54, 1.807) is 24.3 Å². The lowest BCUT2D eigenvalue weighted by Crippen LogP contribution is -2.30. The Morgan fingerprint density at radius 3 is 2.46 bits per heavy atom. The smallest absolute Gasteiger partial charge is 0.345 e. The van der Waals surface area contributed by atoms with Gasteiger partial charge in [0.25, 0.3) is 11.8 Å². The number of imide groups is 1. The van der Waals surface area contributed by atoms with Gasteiger partial charge >= 0.3 is 6.61 Å². The van der Waals surface area contributed by atoms with Crippen LogP contribution in [0.1, 0.15) is 39.1 Å². The predicted molar refractivity (Wildman–Crippen MR) is 128 cm³/mol. The number of nitrogens with zero attached hydrogens (tertiary/aromatic N) is 2. The second-order valence-corrected chi connectivity index (χ2v) is 8.57. The first kappa shape index (κ1) is 24.8. The lowest BCUT2D eigenvalue weighted by molar-refractivity contribution is -0.131. The molecule has 1 N–H and O–H groups in total. The minimum absolute atomic E-state index is 0.00689. The van der Waals surface area contributed by atoms with E-state index >= 15 is 0 Å². The lowest BCUT2D eigenvalue weighted by Gasteiger charge is -2.16. The summed E-state index contributed by atoms with van der Waals surface area (Å²) in [6.45, 7) is -0.761. The van der Waals surface area contributed by atoms with Gasteiger partial charge in [0.05, 0.1) is 24.3 Å². The van der Waals surface area contributed by atoms with Crippen LogP contribution >= 0.6 is 0 Å². The van der Waals surface area contributed by atoms with Crippen LogP contribution in [0.5, 0.6) is 5.75 Å². The summed E-state index contributed by atoms with van der Waals surface area (Å²) in [4.78, 5) is 31.4. The number of unbranched alkanes of at least 4 members (excludes halogenated alkanes) is 1. The number of carbonyl (C=O) groups excluding carboxylic acids is 2. The highest BCUT2D eigenvalue weighted by Crippen LogP contribution is 2.25. The third-order valence-electron chi connectivity index (χ3n) is 6.14. The molecule has 2 heterocycles. The number of aromatic amines is 1. The quantitative estimate of drug-likeness (QED) is 0.288. The van der Waals surface area contributed by atoms with E-state index in [1.807, 2.05) is 36.3 Å². The summed E-state index contributed by atoms with van der Waals surface area (Å²) in [5.41, 5.74) is 3.06. The molecule has 0 atom stereocenters. The molecule has 0 spiro atoms. The first-order valence-corrected chi connectivity index (χ1v) is 11.7. The Bertz CT molecular complexity index is 1150. The maximum atomic E-state index is 12.4. The van der Waals surface area contributed by atoms with Gasteiger partial charge < -0.3 is 19.4 Å². The van der Waals surface area contributed by atoms with Gasteiger partial charge in [-0.15, -0.1) is 0 Å². The monoisotopic (exact) mass is 485 g/mol. The Hall–Kier alpha value is -3.30. The molecule has 0 aliphatic carbocycles. The number of hydrogen-bond acceptors (Lipinski definition) is 5. The number of benzene rings is 2. The van der Waals surface area contributed by atoms with E-state index < -0.39 is 6.61 Å². The molecule has 9 heteroatoms. The zero-order valence-electron chi connectivity index (χ0n) is 19.6. The minimum atomic E-state index is -2.74. The van der Waals surface area contributed by atoms with Crippen molar-refractivity contribution < 1.29 is 27.8 Å². The maximum absolute atomic E-state index is 12.4. The van der Waals surface area contributed by atoms with Gasteiger partial charge in [0.15, 0.2) is 0 Å². The molecule has 35 heavy (non-hydrogen) atoms. The van der Waals surface area contributed by atoms with Gasteiger partial charge in [-0.05, 0) is 62.2 Å². The van der Waals surface area contributed by atoms with Gasteiger partial charge in [-0.2, -0.15) is 8.78 Å². The molecule has 3 aromatic rings. The van der Waals surface area contributed by atoms with Gasteiger partial charge in [-0.3, -0.25) is 14.5 Å². The van der Waals surface area contributed by atoms with Gasteiger partial charge in [0, 0.05) is 36.7 Å². The fourth-order valence-corrected chi connectivity index (χ4v) is 4.18. The molecule has 1 aromatic heterocycles. The van der Waals surface area contributed by atoms with Crippen LogP contribution in [0, 0.1) is 0 Å². The van der Waals surface area contributed by atoms with Crippen LogP contribution in [0.25, 0.3) is 10.9 Å². The largest absolute Gasteiger partial charge is 0.494 e. The molecule has 4 rings (SSSR count). The summed E-state index contributed by atoms with van der Waals surface area (Å²) < 4.78 is 34.4. The van der Waals surface area contributed by atoms with Crippen molar-refractivity contribution in [1.29, 1.82) is 0 Å². The Morgan fingerprint density at radius 1 is 1.00 bits per heavy atom. The van der Waals surface area contributed by atoms with Crippen molar-refractivity contribution in [3.8, 4) is 5.75 Å². The van der Waals surface area contributed by atoms with E-state index in [2.05, 4.69) is 9.72 Å². The van der Waals surface area contributed by atoms with Crippen LogP contribution < -0.4 is 4.74 Å². The third-order valence-corrected chi connectivity index (χ3v) is 6.14. The fraction of sp³-hybridized carbons (Fsp3) is 0.385. The number of carbonyl (C=O) groups is 2. The van der Waals surface area contributed by atoms with E-state index in [-0.39, 0.29) is 18.4 Å². The number of H-pyrrole nitrogens is 1. The van der Waals surface area contributed by atoms with E-state index in [4.69, 9.17) is 4.74 Å². The highest BCUT2D eigenvalue weighted by Gasteiger charge is 2.34. The predicted octanol–water partition coefficient (Wildman–Crippen LogP) is 4.34. The highest BCUT2D eigenvalue weighted by molar-refractivity contribution is 6.21. The first-order valence-electron chi connectivity index (χ1n) is 11.7. The Morgan fingerprint density at radius 2 is 1.74 bits per heavy atom. The normalized spacial score (nSPS) is 13.5. The molecule has 0 bridgehead atoms. The van der Waals surface area contributed by atoms with Crippen LogP contribution in [-0.2, 0) is 11.2 Å². The second kappa shape index (κ2) is 11.4. The van der Waals surface area contributed by atoms with Crippen molar-refractivity contribution >= 4 is 22.7 Å². The zero-order chi connectivity index (χ0) is 24.8. The Kier molecular flexibility index (Phi) is 8.09. The first-order chi connectivity index (χ1) is 16.9. The highest BCUT2D eigenvalue weighted by atomic mass is 19.3. The summed E-state index contributed by atoms with van der Waals surface area (Å²) in [6.07, 6.45) is 4.08. The van der Waals surface area contributed by atoms with Gasteiger partial charge in [-0.25, -0.2) is 0 Å². The van der Waals surface area contributed by atoms with Crippen molar-refractivity contribution in [1.82, 2.24) is 14.8 Å². The van der Waals surface area contributed by atoms with Gasteiger partial charge in [-0.1, -0.05) is 12.1 Å². The van der Waals surface area contributed by atoms with Crippen LogP contribution in [0.3, 0.4) is 0 Å². The van der Waals surface area contributed by atoms with Gasteiger partial charge in [0.2, 0.25) is 0 Å². The van der Waals surface area contributed by atoms with Gasteiger partial charge in [0.1, 0.15) is 5.75 Å². The molecule has 0 unspecified atom stereocenters. The van der Waals surface area contributed by atoms with Crippen molar-refractivity contribution in [2.24, 2.45) is 0 Å². The topological polar surface area (TPSA) is 74.9 Å². The summed E-state index contributed by atoms with van der Waals surface area (Å²) >= 11 is 0. The summed E-state index contributed by atoms with van der Waals surface area (Å²) in [5, 5.41) is 1.06. The maximum Gasteiger partial charge on any atom is 0.345 e. The number of rotatable bonds is 13. The number of likely N-dealkylation sites (N-methyl/N-ethyl adjacent to an activating group) is 1. The molecule has 2 amide bonds. The van der Waals surface area contributed by atoms with E-state index in [9.17, 15) is 18.4 Å².